The van der Waals surface area contributed by atoms with E-state index in [1.807, 2.05) is 12.1 Å². The van der Waals surface area contributed by atoms with E-state index in [-0.39, 0.29) is 5.91 Å². The van der Waals surface area contributed by atoms with Crippen molar-refractivity contribution in [1.29, 1.82) is 0 Å². The van der Waals surface area contributed by atoms with Crippen molar-refractivity contribution in [2.45, 2.75) is 26.2 Å². The molecule has 1 aromatic rings. The smallest absolute Gasteiger partial charge is 0.251 e. The molecule has 1 unspecified atom stereocenters. The van der Waals surface area contributed by atoms with Crippen molar-refractivity contribution in [2.75, 3.05) is 30.8 Å². The first-order valence-corrected chi connectivity index (χ1v) is 7.02. The molecule has 2 rings (SSSR count). The normalized spacial score (nSPS) is 19.3. The molecule has 1 heterocycles. The van der Waals surface area contributed by atoms with Crippen LogP contribution in [0.1, 0.15) is 36.5 Å². The highest BCUT2D eigenvalue weighted by Gasteiger charge is 2.20. The van der Waals surface area contributed by atoms with E-state index < -0.39 is 0 Å². The van der Waals surface area contributed by atoms with Crippen LogP contribution in [0.3, 0.4) is 0 Å². The SMILES string of the molecule is CCC1CCCN(c2ccc(C(=O)NC)cc2N)C1. The maximum absolute atomic E-state index is 11.6. The van der Waals surface area contributed by atoms with Gasteiger partial charge in [-0.2, -0.15) is 0 Å². The van der Waals surface area contributed by atoms with E-state index in [4.69, 9.17) is 5.73 Å². The van der Waals surface area contributed by atoms with E-state index in [1.165, 1.54) is 19.3 Å². The Morgan fingerprint density at radius 1 is 1.53 bits per heavy atom. The fraction of sp³-hybridized carbons (Fsp3) is 0.533. The van der Waals surface area contributed by atoms with Gasteiger partial charge in [-0.25, -0.2) is 0 Å². The molecule has 19 heavy (non-hydrogen) atoms. The van der Waals surface area contributed by atoms with Gasteiger partial charge in [-0.15, -0.1) is 0 Å². The molecule has 1 fully saturated rings. The average molecular weight is 261 g/mol. The molecule has 104 valence electrons. The van der Waals surface area contributed by atoms with Crippen LogP contribution >= 0.6 is 0 Å². The van der Waals surface area contributed by atoms with Gasteiger partial charge in [-0.3, -0.25) is 4.79 Å². The number of piperidine rings is 1. The molecule has 1 saturated heterocycles. The summed E-state index contributed by atoms with van der Waals surface area (Å²) in [4.78, 5) is 13.9. The molecule has 0 radical (unpaired) electrons. The molecule has 0 saturated carbocycles. The number of nitrogens with two attached hydrogens (primary N) is 1. The summed E-state index contributed by atoms with van der Waals surface area (Å²) in [6.07, 6.45) is 3.74. The van der Waals surface area contributed by atoms with E-state index in [0.29, 0.717) is 11.3 Å². The fourth-order valence-corrected chi connectivity index (χ4v) is 2.75. The number of amides is 1. The number of carbonyl (C=O) groups is 1. The Bertz CT molecular complexity index is 459. The second-order valence-electron chi connectivity index (χ2n) is 5.22. The van der Waals surface area contributed by atoms with E-state index in [2.05, 4.69) is 17.1 Å². The monoisotopic (exact) mass is 261 g/mol. The Hall–Kier alpha value is -1.71. The Balaban J connectivity index is 2.18. The largest absolute Gasteiger partial charge is 0.397 e. The van der Waals surface area contributed by atoms with Gasteiger partial charge in [-0.05, 0) is 37.0 Å². The highest BCUT2D eigenvalue weighted by Crippen LogP contribution is 2.29. The first kappa shape index (κ1) is 13.7. The number of nitrogen functional groups attached to an aromatic ring is 1. The molecule has 0 spiro atoms. The maximum atomic E-state index is 11.6. The highest BCUT2D eigenvalue weighted by atomic mass is 16.1. The number of hydrogen-bond acceptors (Lipinski definition) is 3. The summed E-state index contributed by atoms with van der Waals surface area (Å²) in [6.45, 7) is 4.37. The Kier molecular flexibility index (Phi) is 4.30. The average Bonchev–Trinajstić information content (AvgIpc) is 2.46. The van der Waals surface area contributed by atoms with Crippen molar-refractivity contribution < 1.29 is 4.79 Å². The summed E-state index contributed by atoms with van der Waals surface area (Å²) >= 11 is 0. The highest BCUT2D eigenvalue weighted by molar-refractivity contribution is 5.96. The lowest BCUT2D eigenvalue weighted by Gasteiger charge is -2.34. The lowest BCUT2D eigenvalue weighted by Crippen LogP contribution is -2.35. The van der Waals surface area contributed by atoms with Gasteiger partial charge in [0.05, 0.1) is 11.4 Å². The molecule has 1 amide bonds. The Morgan fingerprint density at radius 2 is 2.32 bits per heavy atom. The van der Waals surface area contributed by atoms with Crippen LogP contribution in [-0.2, 0) is 0 Å². The molecule has 0 bridgehead atoms. The molecular formula is C15H23N3O. The summed E-state index contributed by atoms with van der Waals surface area (Å²) in [5.41, 5.74) is 8.48. The van der Waals surface area contributed by atoms with Crippen molar-refractivity contribution in [3.8, 4) is 0 Å². The van der Waals surface area contributed by atoms with Crippen molar-refractivity contribution in [2.24, 2.45) is 5.92 Å². The number of benzene rings is 1. The van der Waals surface area contributed by atoms with Crippen LogP contribution in [0.15, 0.2) is 18.2 Å². The molecule has 0 aromatic heterocycles. The molecule has 4 nitrogen and oxygen atoms in total. The third-order valence-corrected chi connectivity index (χ3v) is 3.95. The molecule has 1 aromatic carbocycles. The van der Waals surface area contributed by atoms with Gasteiger partial charge in [0.25, 0.3) is 5.91 Å². The summed E-state index contributed by atoms with van der Waals surface area (Å²) in [7, 11) is 1.63. The van der Waals surface area contributed by atoms with Crippen molar-refractivity contribution >= 4 is 17.3 Å². The van der Waals surface area contributed by atoms with Crippen LogP contribution in [0.4, 0.5) is 11.4 Å². The molecule has 3 N–H and O–H groups in total. The van der Waals surface area contributed by atoms with Crippen LogP contribution in [-0.4, -0.2) is 26.0 Å². The van der Waals surface area contributed by atoms with Gasteiger partial charge >= 0.3 is 0 Å². The molecular weight excluding hydrogens is 238 g/mol. The van der Waals surface area contributed by atoms with Gasteiger partial charge in [-0.1, -0.05) is 13.3 Å². The van der Waals surface area contributed by atoms with E-state index in [9.17, 15) is 4.79 Å². The third kappa shape index (κ3) is 3.00. The molecule has 1 aliphatic heterocycles. The molecule has 1 aliphatic rings. The summed E-state index contributed by atoms with van der Waals surface area (Å²) in [5.74, 6) is 0.662. The van der Waals surface area contributed by atoms with Crippen molar-refractivity contribution in [3.05, 3.63) is 23.8 Å². The maximum Gasteiger partial charge on any atom is 0.251 e. The molecule has 0 aliphatic carbocycles. The van der Waals surface area contributed by atoms with Gasteiger partial charge in [0.2, 0.25) is 0 Å². The minimum Gasteiger partial charge on any atom is -0.397 e. The number of hydrogen-bond donors (Lipinski definition) is 2. The van der Waals surface area contributed by atoms with Crippen LogP contribution in [0, 0.1) is 5.92 Å². The standard InChI is InChI=1S/C15H23N3O/c1-3-11-5-4-8-18(10-11)14-7-6-12(9-13(14)16)15(19)17-2/h6-7,9,11H,3-5,8,10,16H2,1-2H3,(H,17,19). The fourth-order valence-electron chi connectivity index (χ4n) is 2.75. The summed E-state index contributed by atoms with van der Waals surface area (Å²) in [6, 6.07) is 5.59. The Morgan fingerprint density at radius 3 is 2.95 bits per heavy atom. The van der Waals surface area contributed by atoms with Crippen LogP contribution in [0.5, 0.6) is 0 Å². The second kappa shape index (κ2) is 5.95. The quantitative estimate of drug-likeness (QED) is 0.821. The minimum absolute atomic E-state index is 0.0941. The van der Waals surface area contributed by atoms with E-state index in [0.717, 1.165) is 24.7 Å². The molecule has 1 atom stereocenters. The zero-order valence-corrected chi connectivity index (χ0v) is 11.8. The Labute approximate surface area is 115 Å². The van der Waals surface area contributed by atoms with Crippen molar-refractivity contribution in [1.82, 2.24) is 5.32 Å². The van der Waals surface area contributed by atoms with E-state index >= 15 is 0 Å². The number of rotatable bonds is 3. The van der Waals surface area contributed by atoms with Gasteiger partial charge in [0, 0.05) is 25.7 Å². The number of nitrogens with one attached hydrogen (secondary N) is 1. The summed E-state index contributed by atoms with van der Waals surface area (Å²) in [5, 5.41) is 2.62. The zero-order valence-electron chi connectivity index (χ0n) is 11.8. The minimum atomic E-state index is -0.0941. The van der Waals surface area contributed by atoms with Gasteiger partial charge in [0.15, 0.2) is 0 Å². The van der Waals surface area contributed by atoms with Crippen LogP contribution < -0.4 is 16.0 Å². The predicted molar refractivity (Wildman–Crippen MR) is 79.5 cm³/mol. The zero-order chi connectivity index (χ0) is 13.8. The topological polar surface area (TPSA) is 58.4 Å². The second-order valence-corrected chi connectivity index (χ2v) is 5.22. The van der Waals surface area contributed by atoms with Crippen molar-refractivity contribution in [3.63, 3.8) is 0 Å². The molecule has 4 heteroatoms. The summed E-state index contributed by atoms with van der Waals surface area (Å²) < 4.78 is 0. The number of nitrogens with zero attached hydrogens (tertiary/aromatic N) is 1. The van der Waals surface area contributed by atoms with Gasteiger partial charge in [0.1, 0.15) is 0 Å². The third-order valence-electron chi connectivity index (χ3n) is 3.95. The first-order valence-electron chi connectivity index (χ1n) is 7.02. The lowest BCUT2D eigenvalue weighted by molar-refractivity contribution is 0.0963. The van der Waals surface area contributed by atoms with E-state index in [1.54, 1.807) is 13.1 Å². The van der Waals surface area contributed by atoms with Crippen LogP contribution in [0.25, 0.3) is 0 Å². The lowest BCUT2D eigenvalue weighted by atomic mass is 9.95. The first-order chi connectivity index (χ1) is 9.15. The number of carbonyl (C=O) groups excluding carboxylic acids is 1. The van der Waals surface area contributed by atoms with Gasteiger partial charge < -0.3 is 16.0 Å². The van der Waals surface area contributed by atoms with Crippen LogP contribution in [0.2, 0.25) is 0 Å². The number of anilines is 2. The predicted octanol–water partition coefficient (Wildman–Crippen LogP) is 2.25.